The summed E-state index contributed by atoms with van der Waals surface area (Å²) in [6.45, 7) is 0.305. The summed E-state index contributed by atoms with van der Waals surface area (Å²) in [6, 6.07) is 0. The van der Waals surface area contributed by atoms with Gasteiger partial charge in [-0.3, -0.25) is 5.10 Å². The molecule has 0 radical (unpaired) electrons. The number of aromatic nitrogens is 2. The van der Waals surface area contributed by atoms with E-state index in [1.807, 2.05) is 0 Å². The molecule has 0 atom stereocenters. The van der Waals surface area contributed by atoms with Gasteiger partial charge in [-0.15, -0.1) is 18.2 Å². The van der Waals surface area contributed by atoms with Gasteiger partial charge in [0.1, 0.15) is 10.7 Å². The van der Waals surface area contributed by atoms with E-state index in [0.717, 1.165) is 0 Å². The van der Waals surface area contributed by atoms with Crippen molar-refractivity contribution in [1.29, 1.82) is 0 Å². The van der Waals surface area contributed by atoms with Gasteiger partial charge in [0.15, 0.2) is 0 Å². The molecule has 6 nitrogen and oxygen atoms in total. The van der Waals surface area contributed by atoms with Gasteiger partial charge >= 0.3 is 0 Å². The summed E-state index contributed by atoms with van der Waals surface area (Å²) >= 11 is 1.48. The number of aromatic amines is 1. The second kappa shape index (κ2) is 5.79. The molecule has 0 aliphatic heterocycles. The summed E-state index contributed by atoms with van der Waals surface area (Å²) in [4.78, 5) is -0.0329. The van der Waals surface area contributed by atoms with Crippen molar-refractivity contribution in [3.8, 4) is 12.3 Å². The number of nitrogens with zero attached hydrogens (tertiary/aromatic N) is 1. The largest absolute Gasteiger partial charge is 0.383 e. The Morgan fingerprint density at radius 3 is 3.00 bits per heavy atom. The van der Waals surface area contributed by atoms with Gasteiger partial charge in [-0.1, -0.05) is 5.92 Å². The average molecular weight is 260 g/mol. The van der Waals surface area contributed by atoms with E-state index in [-0.39, 0.29) is 10.7 Å². The summed E-state index contributed by atoms with van der Waals surface area (Å²) in [7, 11) is -3.57. The molecule has 0 saturated carbocycles. The minimum atomic E-state index is -3.57. The third kappa shape index (κ3) is 3.44. The van der Waals surface area contributed by atoms with Crippen molar-refractivity contribution in [2.24, 2.45) is 0 Å². The van der Waals surface area contributed by atoms with E-state index < -0.39 is 10.0 Å². The highest BCUT2D eigenvalue weighted by atomic mass is 32.2. The second-order valence-corrected chi connectivity index (χ2v) is 5.64. The van der Waals surface area contributed by atoms with E-state index in [1.54, 1.807) is 0 Å². The smallest absolute Gasteiger partial charge is 0.245 e. The molecule has 0 aliphatic rings. The lowest BCUT2D eigenvalue weighted by molar-refractivity contribution is 0.584. The molecule has 0 amide bonds. The lowest BCUT2D eigenvalue weighted by Gasteiger charge is -2.04. The van der Waals surface area contributed by atoms with E-state index >= 15 is 0 Å². The molecule has 0 unspecified atom stereocenters. The fourth-order valence-corrected chi connectivity index (χ4v) is 2.65. The standard InChI is InChI=1S/C8H12N4O2S2/c1-2-4-15-5-3-11-16(13,14)7-6-10-12-8(7)9/h1,6,11H,3-5H2,(H3,9,10,12). The van der Waals surface area contributed by atoms with Crippen LogP contribution < -0.4 is 10.5 Å². The van der Waals surface area contributed by atoms with E-state index in [4.69, 9.17) is 12.2 Å². The van der Waals surface area contributed by atoms with E-state index in [9.17, 15) is 8.42 Å². The van der Waals surface area contributed by atoms with Crippen molar-refractivity contribution in [2.75, 3.05) is 23.8 Å². The first kappa shape index (κ1) is 12.9. The molecule has 1 rings (SSSR count). The van der Waals surface area contributed by atoms with Crippen molar-refractivity contribution in [2.45, 2.75) is 4.90 Å². The molecule has 0 saturated heterocycles. The van der Waals surface area contributed by atoms with Crippen LogP contribution >= 0.6 is 11.8 Å². The fourth-order valence-electron chi connectivity index (χ4n) is 0.956. The molecular formula is C8H12N4O2S2. The van der Waals surface area contributed by atoms with Gasteiger partial charge in [0.05, 0.1) is 11.9 Å². The Kier molecular flexibility index (Phi) is 4.67. The number of rotatable bonds is 6. The maximum absolute atomic E-state index is 11.6. The monoisotopic (exact) mass is 260 g/mol. The molecule has 16 heavy (non-hydrogen) atoms. The minimum Gasteiger partial charge on any atom is -0.383 e. The molecule has 1 heterocycles. The van der Waals surface area contributed by atoms with Crippen LogP contribution in [0.3, 0.4) is 0 Å². The Morgan fingerprint density at radius 2 is 2.44 bits per heavy atom. The lowest BCUT2D eigenvalue weighted by Crippen LogP contribution is -2.26. The zero-order valence-corrected chi connectivity index (χ0v) is 10.1. The maximum atomic E-state index is 11.6. The fraction of sp³-hybridized carbons (Fsp3) is 0.375. The normalized spacial score (nSPS) is 11.2. The number of nitrogens with one attached hydrogen (secondary N) is 2. The summed E-state index contributed by atoms with van der Waals surface area (Å²) in [5.41, 5.74) is 5.41. The van der Waals surface area contributed by atoms with Crippen molar-refractivity contribution in [3.05, 3.63) is 6.20 Å². The molecule has 8 heteroatoms. The number of terminal acetylenes is 1. The topological polar surface area (TPSA) is 101 Å². The third-order valence-corrected chi connectivity index (χ3v) is 4.00. The zero-order chi connectivity index (χ0) is 12.0. The van der Waals surface area contributed by atoms with E-state index in [2.05, 4.69) is 20.8 Å². The molecule has 0 aliphatic carbocycles. The van der Waals surface area contributed by atoms with Gasteiger partial charge in [0.25, 0.3) is 0 Å². The maximum Gasteiger partial charge on any atom is 0.245 e. The number of sulfonamides is 1. The van der Waals surface area contributed by atoms with E-state index in [1.165, 1.54) is 18.0 Å². The average Bonchev–Trinajstić information content (AvgIpc) is 2.65. The summed E-state index contributed by atoms with van der Waals surface area (Å²) in [5, 5.41) is 5.91. The van der Waals surface area contributed by atoms with Crippen molar-refractivity contribution >= 4 is 27.6 Å². The molecule has 0 aromatic carbocycles. The number of nitrogens with two attached hydrogens (primary N) is 1. The van der Waals surface area contributed by atoms with Crippen LogP contribution in [-0.2, 0) is 10.0 Å². The molecule has 88 valence electrons. The van der Waals surface area contributed by atoms with Crippen LogP contribution in [0.2, 0.25) is 0 Å². The SMILES string of the molecule is C#CCSCCNS(=O)(=O)c1cn[nH]c1N. The molecule has 0 bridgehead atoms. The van der Waals surface area contributed by atoms with Gasteiger partial charge in [0, 0.05) is 12.3 Å². The van der Waals surface area contributed by atoms with Crippen LogP contribution in [0.5, 0.6) is 0 Å². The summed E-state index contributed by atoms with van der Waals surface area (Å²) in [5.74, 6) is 3.66. The highest BCUT2D eigenvalue weighted by molar-refractivity contribution is 7.99. The first-order chi connectivity index (χ1) is 7.58. The first-order valence-corrected chi connectivity index (χ1v) is 7.01. The first-order valence-electron chi connectivity index (χ1n) is 4.37. The second-order valence-electron chi connectivity index (χ2n) is 2.80. The predicted octanol–water partition coefficient (Wildman–Crippen LogP) is -0.363. The van der Waals surface area contributed by atoms with Crippen molar-refractivity contribution in [1.82, 2.24) is 14.9 Å². The van der Waals surface area contributed by atoms with Gasteiger partial charge in [-0.05, 0) is 0 Å². The predicted molar refractivity (Wildman–Crippen MR) is 64.3 cm³/mol. The number of hydrogen-bond acceptors (Lipinski definition) is 5. The van der Waals surface area contributed by atoms with Crippen LogP contribution in [0.15, 0.2) is 11.1 Å². The highest BCUT2D eigenvalue weighted by Gasteiger charge is 2.18. The Labute approximate surface area is 98.4 Å². The Balaban J connectivity index is 2.48. The number of thioether (sulfide) groups is 1. The highest BCUT2D eigenvalue weighted by Crippen LogP contribution is 2.13. The zero-order valence-electron chi connectivity index (χ0n) is 8.43. The number of H-pyrrole nitrogens is 1. The quantitative estimate of drug-likeness (QED) is 0.479. The number of anilines is 1. The number of hydrogen-bond donors (Lipinski definition) is 3. The van der Waals surface area contributed by atoms with Crippen LogP contribution in [0.4, 0.5) is 5.82 Å². The number of nitrogen functional groups attached to an aromatic ring is 1. The van der Waals surface area contributed by atoms with Crippen molar-refractivity contribution in [3.63, 3.8) is 0 Å². The van der Waals surface area contributed by atoms with Gasteiger partial charge in [-0.2, -0.15) is 5.10 Å². The van der Waals surface area contributed by atoms with Crippen LogP contribution in [0, 0.1) is 12.3 Å². The Morgan fingerprint density at radius 1 is 1.69 bits per heavy atom. The Hall–Kier alpha value is -1.17. The molecule has 0 fully saturated rings. The third-order valence-electron chi connectivity index (χ3n) is 1.65. The molecule has 1 aromatic rings. The molecular weight excluding hydrogens is 248 g/mol. The van der Waals surface area contributed by atoms with Crippen LogP contribution in [-0.4, -0.2) is 36.7 Å². The summed E-state index contributed by atoms with van der Waals surface area (Å²) in [6.07, 6.45) is 6.23. The van der Waals surface area contributed by atoms with Gasteiger partial charge in [-0.25, -0.2) is 13.1 Å². The summed E-state index contributed by atoms with van der Waals surface area (Å²) < 4.78 is 25.7. The Bertz CT molecular complexity index is 474. The minimum absolute atomic E-state index is 0.0313. The molecule has 1 aromatic heterocycles. The van der Waals surface area contributed by atoms with Crippen LogP contribution in [0.1, 0.15) is 0 Å². The van der Waals surface area contributed by atoms with E-state index in [0.29, 0.717) is 18.1 Å². The molecule has 4 N–H and O–H groups in total. The molecule has 0 spiro atoms. The van der Waals surface area contributed by atoms with Crippen LogP contribution in [0.25, 0.3) is 0 Å². The lowest BCUT2D eigenvalue weighted by atomic mass is 10.7. The van der Waals surface area contributed by atoms with Crippen molar-refractivity contribution < 1.29 is 8.42 Å². The van der Waals surface area contributed by atoms with Gasteiger partial charge < -0.3 is 5.73 Å². The van der Waals surface area contributed by atoms with Gasteiger partial charge in [0.2, 0.25) is 10.0 Å².